The summed E-state index contributed by atoms with van der Waals surface area (Å²) in [7, 11) is 0. The van der Waals surface area contributed by atoms with Crippen LogP contribution < -0.4 is 5.73 Å². The average molecular weight is 286 g/mol. The van der Waals surface area contributed by atoms with E-state index in [1.165, 1.54) is 12.1 Å². The van der Waals surface area contributed by atoms with Crippen LogP contribution in [0.1, 0.15) is 29.3 Å². The number of benzene rings is 2. The normalized spacial score (nSPS) is 10.4. The Balaban J connectivity index is 2.25. The Morgan fingerprint density at radius 2 is 1.81 bits per heavy atom. The van der Waals surface area contributed by atoms with Crippen molar-refractivity contribution in [1.29, 1.82) is 0 Å². The van der Waals surface area contributed by atoms with E-state index in [1.54, 1.807) is 23.1 Å². The van der Waals surface area contributed by atoms with Gasteiger partial charge in [-0.15, -0.1) is 0 Å². The molecule has 0 radical (unpaired) electrons. The van der Waals surface area contributed by atoms with Crippen molar-refractivity contribution < 1.29 is 9.18 Å². The maximum Gasteiger partial charge on any atom is 0.257 e. The van der Waals surface area contributed by atoms with Crippen LogP contribution in [0.4, 0.5) is 10.1 Å². The number of nitrogens with zero attached hydrogens (tertiary/aromatic N) is 1. The lowest BCUT2D eigenvalue weighted by atomic mass is 10.1. The van der Waals surface area contributed by atoms with E-state index in [0.717, 1.165) is 12.0 Å². The maximum atomic E-state index is 13.8. The van der Waals surface area contributed by atoms with E-state index in [2.05, 4.69) is 0 Å². The monoisotopic (exact) mass is 286 g/mol. The van der Waals surface area contributed by atoms with Crippen LogP contribution in [0.25, 0.3) is 0 Å². The van der Waals surface area contributed by atoms with Gasteiger partial charge in [0, 0.05) is 18.8 Å². The van der Waals surface area contributed by atoms with E-state index in [9.17, 15) is 9.18 Å². The summed E-state index contributed by atoms with van der Waals surface area (Å²) in [6.07, 6.45) is 0.799. The Morgan fingerprint density at radius 3 is 2.48 bits per heavy atom. The summed E-state index contributed by atoms with van der Waals surface area (Å²) < 4.78 is 13.8. The van der Waals surface area contributed by atoms with Gasteiger partial charge in [0.1, 0.15) is 5.82 Å². The third-order valence-corrected chi connectivity index (χ3v) is 3.30. The Labute approximate surface area is 124 Å². The predicted octanol–water partition coefficient (Wildman–Crippen LogP) is 3.46. The van der Waals surface area contributed by atoms with Gasteiger partial charge in [-0.2, -0.15) is 0 Å². The first kappa shape index (κ1) is 15.0. The van der Waals surface area contributed by atoms with Crippen molar-refractivity contribution in [1.82, 2.24) is 4.90 Å². The van der Waals surface area contributed by atoms with Crippen LogP contribution in [0, 0.1) is 5.82 Å². The number of amides is 1. The summed E-state index contributed by atoms with van der Waals surface area (Å²) in [6, 6.07) is 13.5. The molecule has 2 rings (SSSR count). The van der Waals surface area contributed by atoms with E-state index >= 15 is 0 Å². The first-order valence-corrected chi connectivity index (χ1v) is 7.00. The van der Waals surface area contributed by atoms with Crippen LogP contribution in [-0.4, -0.2) is 17.4 Å². The zero-order valence-electron chi connectivity index (χ0n) is 12.1. The fourth-order valence-corrected chi connectivity index (χ4v) is 2.21. The number of hydrogen-bond donors (Lipinski definition) is 1. The summed E-state index contributed by atoms with van der Waals surface area (Å²) in [5, 5.41) is 0. The van der Waals surface area contributed by atoms with Gasteiger partial charge in [-0.05, 0) is 30.2 Å². The van der Waals surface area contributed by atoms with E-state index in [1.807, 2.05) is 25.1 Å². The molecule has 0 aliphatic rings. The van der Waals surface area contributed by atoms with Crippen LogP contribution in [0.5, 0.6) is 0 Å². The highest BCUT2D eigenvalue weighted by Crippen LogP contribution is 2.17. The number of carbonyl (C=O) groups excluding carboxylic acids is 1. The van der Waals surface area contributed by atoms with E-state index in [4.69, 9.17) is 5.73 Å². The van der Waals surface area contributed by atoms with Gasteiger partial charge in [-0.3, -0.25) is 4.79 Å². The molecule has 0 fully saturated rings. The van der Waals surface area contributed by atoms with Crippen LogP contribution in [0.3, 0.4) is 0 Å². The second-order valence-electron chi connectivity index (χ2n) is 4.91. The second kappa shape index (κ2) is 6.88. The van der Waals surface area contributed by atoms with Crippen molar-refractivity contribution in [3.63, 3.8) is 0 Å². The molecule has 0 saturated heterocycles. The van der Waals surface area contributed by atoms with Gasteiger partial charge in [0.05, 0.1) is 5.56 Å². The number of hydrogen-bond acceptors (Lipinski definition) is 2. The van der Waals surface area contributed by atoms with Crippen molar-refractivity contribution in [3.8, 4) is 0 Å². The lowest BCUT2D eigenvalue weighted by Gasteiger charge is -2.23. The smallest absolute Gasteiger partial charge is 0.257 e. The molecule has 4 heteroatoms. The standard InChI is InChI=1S/C17H19FN2O/c1-2-11-20(12-13-7-3-6-10-16(13)19)17(21)14-8-4-5-9-15(14)18/h3-10H,2,11-12,19H2,1H3. The van der Waals surface area contributed by atoms with Crippen LogP contribution in [0.15, 0.2) is 48.5 Å². The highest BCUT2D eigenvalue weighted by atomic mass is 19.1. The first-order valence-electron chi connectivity index (χ1n) is 7.00. The molecule has 2 aromatic rings. The largest absolute Gasteiger partial charge is 0.398 e. The summed E-state index contributed by atoms with van der Waals surface area (Å²) in [5.41, 5.74) is 7.53. The molecule has 0 aromatic heterocycles. The van der Waals surface area contributed by atoms with Crippen molar-refractivity contribution in [2.75, 3.05) is 12.3 Å². The first-order chi connectivity index (χ1) is 10.1. The molecule has 0 aliphatic carbocycles. The summed E-state index contributed by atoms with van der Waals surface area (Å²) in [6.45, 7) is 2.92. The van der Waals surface area contributed by atoms with Gasteiger partial charge in [-0.25, -0.2) is 4.39 Å². The topological polar surface area (TPSA) is 46.3 Å². The molecule has 0 saturated carbocycles. The fraction of sp³-hybridized carbons (Fsp3) is 0.235. The molecule has 2 aromatic carbocycles. The molecule has 21 heavy (non-hydrogen) atoms. The van der Waals surface area contributed by atoms with Crippen LogP contribution in [-0.2, 0) is 6.54 Å². The number of nitrogen functional groups attached to an aromatic ring is 1. The minimum Gasteiger partial charge on any atom is -0.398 e. The van der Waals surface area contributed by atoms with Gasteiger partial charge in [0.25, 0.3) is 5.91 Å². The Hall–Kier alpha value is -2.36. The van der Waals surface area contributed by atoms with E-state index in [0.29, 0.717) is 18.8 Å². The van der Waals surface area contributed by atoms with Gasteiger partial charge >= 0.3 is 0 Å². The number of nitrogens with two attached hydrogens (primary N) is 1. The zero-order chi connectivity index (χ0) is 15.2. The van der Waals surface area contributed by atoms with Crippen LogP contribution >= 0.6 is 0 Å². The summed E-state index contributed by atoms with van der Waals surface area (Å²) >= 11 is 0. The predicted molar refractivity (Wildman–Crippen MR) is 82.3 cm³/mol. The van der Waals surface area contributed by atoms with Crippen molar-refractivity contribution >= 4 is 11.6 Å². The molecule has 3 nitrogen and oxygen atoms in total. The van der Waals surface area contributed by atoms with E-state index < -0.39 is 5.82 Å². The molecule has 0 heterocycles. The second-order valence-corrected chi connectivity index (χ2v) is 4.91. The molecular formula is C17H19FN2O. The summed E-state index contributed by atoms with van der Waals surface area (Å²) in [5.74, 6) is -0.803. The van der Waals surface area contributed by atoms with Gasteiger partial charge in [0.2, 0.25) is 0 Å². The van der Waals surface area contributed by atoms with Gasteiger partial charge in [0.15, 0.2) is 0 Å². The maximum absolute atomic E-state index is 13.8. The zero-order valence-corrected chi connectivity index (χ0v) is 12.1. The minimum absolute atomic E-state index is 0.0976. The lowest BCUT2D eigenvalue weighted by molar-refractivity contribution is 0.0739. The highest BCUT2D eigenvalue weighted by molar-refractivity contribution is 5.94. The van der Waals surface area contributed by atoms with E-state index in [-0.39, 0.29) is 11.5 Å². The molecule has 0 spiro atoms. The van der Waals surface area contributed by atoms with Crippen molar-refractivity contribution in [2.24, 2.45) is 0 Å². The molecule has 0 aliphatic heterocycles. The van der Waals surface area contributed by atoms with Crippen molar-refractivity contribution in [3.05, 3.63) is 65.5 Å². The molecule has 0 atom stereocenters. The highest BCUT2D eigenvalue weighted by Gasteiger charge is 2.19. The Bertz CT molecular complexity index is 628. The third-order valence-electron chi connectivity index (χ3n) is 3.30. The third kappa shape index (κ3) is 3.60. The number of carbonyl (C=O) groups is 1. The average Bonchev–Trinajstić information content (AvgIpc) is 2.49. The molecule has 2 N–H and O–H groups in total. The number of halogens is 1. The number of anilines is 1. The van der Waals surface area contributed by atoms with Gasteiger partial charge in [-0.1, -0.05) is 37.3 Å². The number of rotatable bonds is 5. The molecule has 110 valence electrons. The molecular weight excluding hydrogens is 267 g/mol. The van der Waals surface area contributed by atoms with Gasteiger partial charge < -0.3 is 10.6 Å². The van der Waals surface area contributed by atoms with Crippen LogP contribution in [0.2, 0.25) is 0 Å². The van der Waals surface area contributed by atoms with Crippen molar-refractivity contribution in [2.45, 2.75) is 19.9 Å². The molecule has 0 unspecified atom stereocenters. The minimum atomic E-state index is -0.496. The fourth-order valence-electron chi connectivity index (χ4n) is 2.21. The lowest BCUT2D eigenvalue weighted by Crippen LogP contribution is -2.32. The number of para-hydroxylation sites is 1. The molecule has 0 bridgehead atoms. The molecule has 1 amide bonds. The Kier molecular flexibility index (Phi) is 4.93. The Morgan fingerprint density at radius 1 is 1.14 bits per heavy atom. The quantitative estimate of drug-likeness (QED) is 0.856. The summed E-state index contributed by atoms with van der Waals surface area (Å²) in [4.78, 5) is 14.1. The SMILES string of the molecule is CCCN(Cc1ccccc1N)C(=O)c1ccccc1F.